The molecule has 1 fully saturated rings. The molecule has 0 bridgehead atoms. The highest BCUT2D eigenvalue weighted by Gasteiger charge is 2.16. The van der Waals surface area contributed by atoms with Crippen LogP contribution in [0.4, 0.5) is 0 Å². The zero-order valence-corrected chi connectivity index (χ0v) is 12.5. The monoisotopic (exact) mass is 277 g/mol. The molecule has 19 heavy (non-hydrogen) atoms. The quantitative estimate of drug-likeness (QED) is 0.858. The van der Waals surface area contributed by atoms with Crippen LogP contribution in [0.3, 0.4) is 0 Å². The predicted molar refractivity (Wildman–Crippen MR) is 81.2 cm³/mol. The highest BCUT2D eigenvalue weighted by Crippen LogP contribution is 2.23. The van der Waals surface area contributed by atoms with Crippen LogP contribution in [0.1, 0.15) is 43.0 Å². The molecule has 0 spiro atoms. The van der Waals surface area contributed by atoms with Crippen molar-refractivity contribution >= 4 is 11.3 Å². The Kier molecular flexibility index (Phi) is 5.91. The Bertz CT molecular complexity index is 443. The summed E-state index contributed by atoms with van der Waals surface area (Å²) in [5, 5.41) is 10.8. The van der Waals surface area contributed by atoms with Gasteiger partial charge < -0.3 is 5.11 Å². The van der Waals surface area contributed by atoms with Crippen LogP contribution in [-0.2, 0) is 6.54 Å². The molecule has 1 aromatic rings. The summed E-state index contributed by atoms with van der Waals surface area (Å²) in [4.78, 5) is 3.96. The fraction of sp³-hybridized carbons (Fsp3) is 0.625. The maximum atomic E-state index is 8.70. The summed E-state index contributed by atoms with van der Waals surface area (Å²) in [5.41, 5.74) is 1.04. The van der Waals surface area contributed by atoms with Crippen molar-refractivity contribution in [3.8, 4) is 11.8 Å². The van der Waals surface area contributed by atoms with E-state index in [0.717, 1.165) is 18.0 Å². The Morgan fingerprint density at radius 3 is 3.11 bits per heavy atom. The first-order valence-electron chi connectivity index (χ1n) is 7.21. The second kappa shape index (κ2) is 7.69. The maximum absolute atomic E-state index is 8.70. The first-order valence-corrected chi connectivity index (χ1v) is 8.09. The molecule has 1 aliphatic heterocycles. The van der Waals surface area contributed by atoms with Crippen LogP contribution in [0.5, 0.6) is 0 Å². The van der Waals surface area contributed by atoms with Crippen LogP contribution < -0.4 is 0 Å². The number of hydrogen-bond acceptors (Lipinski definition) is 3. The lowest BCUT2D eigenvalue weighted by atomic mass is 9.98. The number of hydrogen-bond donors (Lipinski definition) is 1. The second-order valence-electron chi connectivity index (χ2n) is 5.24. The van der Waals surface area contributed by atoms with Gasteiger partial charge in [-0.1, -0.05) is 25.2 Å². The van der Waals surface area contributed by atoms with Crippen molar-refractivity contribution in [1.29, 1.82) is 0 Å². The molecule has 2 heterocycles. The molecule has 2 rings (SSSR count). The topological polar surface area (TPSA) is 23.5 Å². The zero-order valence-electron chi connectivity index (χ0n) is 11.7. The van der Waals surface area contributed by atoms with Crippen LogP contribution in [0.2, 0.25) is 0 Å². The average Bonchev–Trinajstić information content (AvgIpc) is 2.74. The molecule has 104 valence electrons. The third-order valence-corrected chi connectivity index (χ3v) is 4.78. The van der Waals surface area contributed by atoms with Crippen molar-refractivity contribution in [2.24, 2.45) is 5.92 Å². The lowest BCUT2D eigenvalue weighted by Gasteiger charge is -2.18. The van der Waals surface area contributed by atoms with Crippen LogP contribution in [0.15, 0.2) is 11.4 Å². The molecule has 1 aromatic heterocycles. The first kappa shape index (κ1) is 14.6. The Balaban J connectivity index is 1.88. The minimum Gasteiger partial charge on any atom is -0.384 e. The van der Waals surface area contributed by atoms with E-state index in [0.29, 0.717) is 0 Å². The van der Waals surface area contributed by atoms with Crippen molar-refractivity contribution < 1.29 is 5.11 Å². The minimum atomic E-state index is -0.0598. The lowest BCUT2D eigenvalue weighted by Crippen LogP contribution is -2.23. The Hall–Kier alpha value is -0.820. The molecule has 0 radical (unpaired) electrons. The SMILES string of the molecule is CCC1CCCN(Cc2cc(C#CCO)cs2)CC1. The van der Waals surface area contributed by atoms with E-state index in [1.165, 1.54) is 43.6 Å². The van der Waals surface area contributed by atoms with E-state index in [2.05, 4.69) is 35.1 Å². The van der Waals surface area contributed by atoms with Crippen molar-refractivity contribution in [2.75, 3.05) is 19.7 Å². The van der Waals surface area contributed by atoms with Crippen LogP contribution in [0.25, 0.3) is 0 Å². The smallest absolute Gasteiger partial charge is 0.104 e. The Morgan fingerprint density at radius 1 is 1.42 bits per heavy atom. The van der Waals surface area contributed by atoms with Gasteiger partial charge in [-0.15, -0.1) is 11.3 Å². The Labute approximate surface area is 120 Å². The van der Waals surface area contributed by atoms with Gasteiger partial charge in [-0.3, -0.25) is 4.90 Å². The molecule has 0 amide bonds. The van der Waals surface area contributed by atoms with Gasteiger partial charge >= 0.3 is 0 Å². The first-order chi connectivity index (χ1) is 9.31. The summed E-state index contributed by atoms with van der Waals surface area (Å²) in [6.07, 6.45) is 5.40. The van der Waals surface area contributed by atoms with Gasteiger partial charge in [0.25, 0.3) is 0 Å². The predicted octanol–water partition coefficient (Wildman–Crippen LogP) is 3.10. The van der Waals surface area contributed by atoms with E-state index in [-0.39, 0.29) is 6.61 Å². The van der Waals surface area contributed by atoms with Gasteiger partial charge in [-0.05, 0) is 44.3 Å². The zero-order chi connectivity index (χ0) is 13.5. The summed E-state index contributed by atoms with van der Waals surface area (Å²) in [6.45, 7) is 5.77. The molecular weight excluding hydrogens is 254 g/mol. The largest absolute Gasteiger partial charge is 0.384 e. The van der Waals surface area contributed by atoms with Gasteiger partial charge in [0.2, 0.25) is 0 Å². The molecule has 1 aliphatic rings. The number of nitrogens with zero attached hydrogens (tertiary/aromatic N) is 1. The van der Waals surface area contributed by atoms with Crippen molar-refractivity contribution in [2.45, 2.75) is 39.2 Å². The minimum absolute atomic E-state index is 0.0598. The summed E-state index contributed by atoms with van der Waals surface area (Å²) in [5.74, 6) is 6.61. The number of aliphatic hydroxyl groups is 1. The lowest BCUT2D eigenvalue weighted by molar-refractivity contribution is 0.274. The summed E-state index contributed by atoms with van der Waals surface area (Å²) in [7, 11) is 0. The molecule has 1 N–H and O–H groups in total. The van der Waals surface area contributed by atoms with Gasteiger partial charge in [0, 0.05) is 22.4 Å². The molecule has 3 heteroatoms. The fourth-order valence-electron chi connectivity index (χ4n) is 2.68. The van der Waals surface area contributed by atoms with Crippen molar-refractivity contribution in [3.05, 3.63) is 21.9 Å². The van der Waals surface area contributed by atoms with Crippen LogP contribution >= 0.6 is 11.3 Å². The Morgan fingerprint density at radius 2 is 2.32 bits per heavy atom. The van der Waals surface area contributed by atoms with E-state index in [1.807, 2.05) is 0 Å². The fourth-order valence-corrected chi connectivity index (χ4v) is 3.54. The third-order valence-electron chi connectivity index (χ3n) is 3.86. The molecule has 2 nitrogen and oxygen atoms in total. The van der Waals surface area contributed by atoms with Crippen LogP contribution in [0, 0.1) is 17.8 Å². The van der Waals surface area contributed by atoms with E-state index in [9.17, 15) is 0 Å². The molecule has 1 saturated heterocycles. The normalized spacial score (nSPS) is 20.6. The third kappa shape index (κ3) is 4.65. The molecular formula is C16H23NOS. The summed E-state index contributed by atoms with van der Waals surface area (Å²) in [6, 6.07) is 2.16. The summed E-state index contributed by atoms with van der Waals surface area (Å²) >= 11 is 1.78. The second-order valence-corrected chi connectivity index (χ2v) is 6.24. The van der Waals surface area contributed by atoms with E-state index in [1.54, 1.807) is 11.3 Å². The molecule has 0 aliphatic carbocycles. The number of aliphatic hydroxyl groups excluding tert-OH is 1. The van der Waals surface area contributed by atoms with E-state index in [4.69, 9.17) is 5.11 Å². The number of thiophene rings is 1. The molecule has 1 atom stereocenters. The van der Waals surface area contributed by atoms with E-state index >= 15 is 0 Å². The van der Waals surface area contributed by atoms with Gasteiger partial charge in [0.1, 0.15) is 6.61 Å². The standard InChI is InChI=1S/C16H23NOS/c1-2-14-5-3-8-17(9-7-14)12-16-11-15(13-19-16)6-4-10-18/h11,13-14,18H,2-3,5,7-10,12H2,1H3. The van der Waals surface area contributed by atoms with Gasteiger partial charge in [-0.2, -0.15) is 0 Å². The van der Waals surface area contributed by atoms with Gasteiger partial charge in [0.15, 0.2) is 0 Å². The van der Waals surface area contributed by atoms with Crippen LogP contribution in [-0.4, -0.2) is 29.7 Å². The van der Waals surface area contributed by atoms with E-state index < -0.39 is 0 Å². The summed E-state index contributed by atoms with van der Waals surface area (Å²) < 4.78 is 0. The molecule has 0 aromatic carbocycles. The van der Waals surface area contributed by atoms with Gasteiger partial charge in [-0.25, -0.2) is 0 Å². The number of rotatable bonds is 3. The molecule has 1 unspecified atom stereocenters. The average molecular weight is 277 g/mol. The molecule has 0 saturated carbocycles. The highest BCUT2D eigenvalue weighted by molar-refractivity contribution is 7.10. The van der Waals surface area contributed by atoms with Crippen molar-refractivity contribution in [3.63, 3.8) is 0 Å². The van der Waals surface area contributed by atoms with Gasteiger partial charge in [0.05, 0.1) is 0 Å². The highest BCUT2D eigenvalue weighted by atomic mass is 32.1. The van der Waals surface area contributed by atoms with Crippen molar-refractivity contribution in [1.82, 2.24) is 4.90 Å². The number of likely N-dealkylation sites (tertiary alicyclic amines) is 1. The maximum Gasteiger partial charge on any atom is 0.104 e.